The SMILES string of the molecule is COC(CNC(=O)Nc1c(F)cccc1Cl)C(=O)O. The van der Waals surface area contributed by atoms with E-state index in [0.717, 1.165) is 6.07 Å². The van der Waals surface area contributed by atoms with E-state index < -0.39 is 23.9 Å². The van der Waals surface area contributed by atoms with Crippen LogP contribution in [0.1, 0.15) is 0 Å². The van der Waals surface area contributed by atoms with Crippen LogP contribution in [-0.2, 0) is 9.53 Å². The number of methoxy groups -OCH3 is 1. The lowest BCUT2D eigenvalue weighted by Gasteiger charge is -2.13. The quantitative estimate of drug-likeness (QED) is 0.770. The first-order valence-corrected chi connectivity index (χ1v) is 5.58. The molecule has 0 fully saturated rings. The molecule has 1 rings (SSSR count). The molecule has 1 aromatic carbocycles. The zero-order valence-corrected chi connectivity index (χ0v) is 10.7. The van der Waals surface area contributed by atoms with E-state index in [0.29, 0.717) is 0 Å². The molecule has 0 heterocycles. The van der Waals surface area contributed by atoms with Crippen LogP contribution < -0.4 is 10.6 Å². The van der Waals surface area contributed by atoms with Gasteiger partial charge < -0.3 is 20.5 Å². The largest absolute Gasteiger partial charge is 0.479 e. The van der Waals surface area contributed by atoms with Crippen LogP contribution in [0.3, 0.4) is 0 Å². The van der Waals surface area contributed by atoms with Crippen molar-refractivity contribution in [2.75, 3.05) is 19.0 Å². The minimum atomic E-state index is -1.22. The Morgan fingerprint density at radius 2 is 2.21 bits per heavy atom. The molecule has 0 bridgehead atoms. The molecular weight excluding hydrogens is 279 g/mol. The van der Waals surface area contributed by atoms with Crippen molar-refractivity contribution in [3.05, 3.63) is 29.0 Å². The van der Waals surface area contributed by atoms with Gasteiger partial charge in [-0.3, -0.25) is 0 Å². The lowest BCUT2D eigenvalue weighted by atomic mass is 10.3. The van der Waals surface area contributed by atoms with Crippen molar-refractivity contribution in [1.29, 1.82) is 0 Å². The lowest BCUT2D eigenvalue weighted by Crippen LogP contribution is -2.39. The maximum Gasteiger partial charge on any atom is 0.334 e. The van der Waals surface area contributed by atoms with E-state index in [9.17, 15) is 14.0 Å². The Bertz CT molecular complexity index is 464. The number of aliphatic carboxylic acids is 1. The number of hydrogen-bond acceptors (Lipinski definition) is 3. The molecule has 1 atom stereocenters. The number of rotatable bonds is 5. The molecule has 0 radical (unpaired) electrons. The highest BCUT2D eigenvalue weighted by Crippen LogP contribution is 2.24. The van der Waals surface area contributed by atoms with Gasteiger partial charge in [0, 0.05) is 7.11 Å². The molecule has 0 saturated carbocycles. The standard InChI is InChI=1S/C11H12ClFN2O4/c1-19-8(10(16)17)5-14-11(18)15-9-6(12)3-2-4-7(9)13/h2-4,8H,5H2,1H3,(H,16,17)(H2,14,15,18). The summed E-state index contributed by atoms with van der Waals surface area (Å²) >= 11 is 5.71. The van der Waals surface area contributed by atoms with Crippen LogP contribution in [0.5, 0.6) is 0 Å². The summed E-state index contributed by atoms with van der Waals surface area (Å²) in [6.07, 6.45) is -1.18. The Labute approximate surface area is 113 Å². The summed E-state index contributed by atoms with van der Waals surface area (Å²) in [7, 11) is 1.20. The Morgan fingerprint density at radius 3 is 2.74 bits per heavy atom. The third-order valence-corrected chi connectivity index (χ3v) is 2.52. The number of ether oxygens (including phenoxy) is 1. The Balaban J connectivity index is 2.59. The minimum absolute atomic E-state index is 0.0386. The Morgan fingerprint density at radius 1 is 1.53 bits per heavy atom. The molecular formula is C11H12ClFN2O4. The molecule has 19 heavy (non-hydrogen) atoms. The van der Waals surface area contributed by atoms with Crippen molar-refractivity contribution in [2.24, 2.45) is 0 Å². The van der Waals surface area contributed by atoms with Gasteiger partial charge >= 0.3 is 12.0 Å². The van der Waals surface area contributed by atoms with Gasteiger partial charge in [0.25, 0.3) is 0 Å². The zero-order valence-electron chi connectivity index (χ0n) is 9.94. The molecule has 8 heteroatoms. The third kappa shape index (κ3) is 4.38. The van der Waals surface area contributed by atoms with E-state index in [1.54, 1.807) is 0 Å². The maximum absolute atomic E-state index is 13.4. The predicted molar refractivity (Wildman–Crippen MR) is 66.9 cm³/mol. The van der Waals surface area contributed by atoms with Crippen LogP contribution in [0.25, 0.3) is 0 Å². The molecule has 0 spiro atoms. The fourth-order valence-electron chi connectivity index (χ4n) is 1.23. The van der Waals surface area contributed by atoms with Gasteiger partial charge in [-0.15, -0.1) is 0 Å². The summed E-state index contributed by atoms with van der Waals surface area (Å²) in [5, 5.41) is 13.2. The Kier molecular flexibility index (Phi) is 5.53. The maximum atomic E-state index is 13.4. The van der Waals surface area contributed by atoms with Crippen LogP contribution in [0.4, 0.5) is 14.9 Å². The number of halogens is 2. The molecule has 1 unspecified atom stereocenters. The van der Waals surface area contributed by atoms with Crippen LogP contribution in [-0.4, -0.2) is 36.9 Å². The van der Waals surface area contributed by atoms with E-state index >= 15 is 0 Å². The average Bonchev–Trinajstić information content (AvgIpc) is 2.34. The first-order chi connectivity index (χ1) is 8.95. The highest BCUT2D eigenvalue weighted by atomic mass is 35.5. The number of carboxylic acids is 1. The second kappa shape index (κ2) is 6.91. The molecule has 0 aromatic heterocycles. The van der Waals surface area contributed by atoms with E-state index in [-0.39, 0.29) is 17.3 Å². The van der Waals surface area contributed by atoms with Gasteiger partial charge in [-0.2, -0.15) is 0 Å². The number of anilines is 1. The number of hydrogen-bond donors (Lipinski definition) is 3. The fourth-order valence-corrected chi connectivity index (χ4v) is 1.44. The number of amides is 2. The molecule has 0 aliphatic heterocycles. The second-order valence-electron chi connectivity index (χ2n) is 3.49. The first kappa shape index (κ1) is 15.2. The van der Waals surface area contributed by atoms with Crippen molar-refractivity contribution < 1.29 is 23.8 Å². The summed E-state index contributed by atoms with van der Waals surface area (Å²) < 4.78 is 18.0. The van der Waals surface area contributed by atoms with Crippen LogP contribution in [0.2, 0.25) is 5.02 Å². The normalized spacial score (nSPS) is 11.7. The minimum Gasteiger partial charge on any atom is -0.479 e. The van der Waals surface area contributed by atoms with Crippen molar-refractivity contribution in [2.45, 2.75) is 6.10 Å². The van der Waals surface area contributed by atoms with Gasteiger partial charge in [-0.1, -0.05) is 17.7 Å². The first-order valence-electron chi connectivity index (χ1n) is 5.20. The van der Waals surface area contributed by atoms with E-state index in [1.807, 2.05) is 0 Å². The van der Waals surface area contributed by atoms with Gasteiger partial charge in [0.2, 0.25) is 0 Å². The summed E-state index contributed by atoms with van der Waals surface area (Å²) in [5.74, 6) is -1.91. The number of carboxylic acid groups (broad SMARTS) is 1. The van der Waals surface area contributed by atoms with Crippen molar-refractivity contribution in [1.82, 2.24) is 5.32 Å². The summed E-state index contributed by atoms with van der Waals surface area (Å²) in [6, 6.07) is 3.16. The summed E-state index contributed by atoms with van der Waals surface area (Å²) in [5.41, 5.74) is -0.175. The summed E-state index contributed by atoms with van der Waals surface area (Å²) in [6.45, 7) is -0.260. The van der Waals surface area contributed by atoms with Gasteiger partial charge in [0.1, 0.15) is 5.82 Å². The number of benzene rings is 1. The second-order valence-corrected chi connectivity index (χ2v) is 3.90. The topological polar surface area (TPSA) is 87.7 Å². The number of para-hydroxylation sites is 1. The molecule has 0 saturated heterocycles. The molecule has 1 aromatic rings. The molecule has 2 amide bonds. The van der Waals surface area contributed by atoms with Crippen LogP contribution in [0.15, 0.2) is 18.2 Å². The van der Waals surface area contributed by atoms with Crippen molar-refractivity contribution in [3.8, 4) is 0 Å². The van der Waals surface area contributed by atoms with Gasteiger partial charge in [0.05, 0.1) is 17.3 Å². The fraction of sp³-hybridized carbons (Fsp3) is 0.273. The van der Waals surface area contributed by atoms with Crippen LogP contribution >= 0.6 is 11.6 Å². The molecule has 6 nitrogen and oxygen atoms in total. The molecule has 0 aliphatic carbocycles. The molecule has 0 aliphatic rings. The van der Waals surface area contributed by atoms with Crippen molar-refractivity contribution in [3.63, 3.8) is 0 Å². The highest BCUT2D eigenvalue weighted by molar-refractivity contribution is 6.33. The van der Waals surface area contributed by atoms with E-state index in [1.165, 1.54) is 19.2 Å². The van der Waals surface area contributed by atoms with Gasteiger partial charge in [-0.25, -0.2) is 14.0 Å². The van der Waals surface area contributed by atoms with Gasteiger partial charge in [-0.05, 0) is 12.1 Å². The Hall–Kier alpha value is -1.86. The summed E-state index contributed by atoms with van der Waals surface area (Å²) in [4.78, 5) is 22.1. The average molecular weight is 291 g/mol. The lowest BCUT2D eigenvalue weighted by molar-refractivity contribution is -0.147. The van der Waals surface area contributed by atoms with E-state index in [4.69, 9.17) is 16.7 Å². The monoisotopic (exact) mass is 290 g/mol. The van der Waals surface area contributed by atoms with Crippen LogP contribution in [0, 0.1) is 5.82 Å². The predicted octanol–water partition coefficient (Wildman–Crippen LogP) is 1.70. The van der Waals surface area contributed by atoms with Gasteiger partial charge in [0.15, 0.2) is 6.10 Å². The van der Waals surface area contributed by atoms with E-state index in [2.05, 4.69) is 15.4 Å². The number of carbonyl (C=O) groups is 2. The number of nitrogens with one attached hydrogen (secondary N) is 2. The smallest absolute Gasteiger partial charge is 0.334 e. The van der Waals surface area contributed by atoms with Crippen molar-refractivity contribution >= 4 is 29.3 Å². The highest BCUT2D eigenvalue weighted by Gasteiger charge is 2.18. The third-order valence-electron chi connectivity index (χ3n) is 2.21. The molecule has 3 N–H and O–H groups in total. The zero-order chi connectivity index (χ0) is 14.4. The molecule has 104 valence electrons. The number of urea groups is 1. The number of carbonyl (C=O) groups excluding carboxylic acids is 1.